The molecule has 0 aliphatic carbocycles. The van der Waals surface area contributed by atoms with Crippen molar-refractivity contribution in [2.45, 2.75) is 13.0 Å². The minimum absolute atomic E-state index is 0.258. The van der Waals surface area contributed by atoms with Gasteiger partial charge in [0.05, 0.1) is 0 Å². The lowest BCUT2D eigenvalue weighted by Gasteiger charge is -2.24. The number of hydrogen-bond donors (Lipinski definition) is 1. The third-order valence-corrected chi connectivity index (χ3v) is 5.60. The summed E-state index contributed by atoms with van der Waals surface area (Å²) >= 11 is -1.67. The highest BCUT2D eigenvalue weighted by Gasteiger charge is 2.21. The highest BCUT2D eigenvalue weighted by atomic mass is 32.2. The zero-order valence-corrected chi connectivity index (χ0v) is 18.8. The van der Waals surface area contributed by atoms with Crippen molar-refractivity contribution in [1.82, 2.24) is 23.7 Å². The lowest BCUT2D eigenvalue weighted by atomic mass is 10.2. The first-order chi connectivity index (χ1) is 16.1. The SMILES string of the molecule is CN(c1ccncn1)c1n[s+]([O-])nc1NCCCN(Cc1ccc(F)cc1)c1ccccn1. The highest BCUT2D eigenvalue weighted by molar-refractivity contribution is 7.14. The maximum atomic E-state index is 13.3. The van der Waals surface area contributed by atoms with Crippen molar-refractivity contribution in [1.29, 1.82) is 0 Å². The van der Waals surface area contributed by atoms with Crippen molar-refractivity contribution in [3.8, 4) is 0 Å². The van der Waals surface area contributed by atoms with Crippen LogP contribution in [0.2, 0.25) is 0 Å². The molecule has 0 saturated heterocycles. The maximum absolute atomic E-state index is 13.3. The van der Waals surface area contributed by atoms with Crippen LogP contribution in [0.1, 0.15) is 12.0 Å². The molecule has 0 spiro atoms. The summed E-state index contributed by atoms with van der Waals surface area (Å²) in [6.45, 7) is 1.89. The van der Waals surface area contributed by atoms with E-state index in [0.717, 1.165) is 17.8 Å². The number of aromatic nitrogens is 5. The standard InChI is InChI=1S/C22H23FN8OS/c1-30(19-10-13-24-16-27-19)22-21(28-33(32)29-22)26-12-4-14-31(20-5-2-3-11-25-20)15-17-6-8-18(23)9-7-17/h2-3,5-11,13,16H,4,12,14-15H2,1H3,(H,26,28). The molecular formula is C22H23FN8OS. The van der Waals surface area contributed by atoms with E-state index in [1.54, 1.807) is 42.5 Å². The number of nitrogens with one attached hydrogen (secondary N) is 1. The van der Waals surface area contributed by atoms with E-state index >= 15 is 0 Å². The molecule has 11 heteroatoms. The van der Waals surface area contributed by atoms with E-state index in [9.17, 15) is 8.94 Å². The molecule has 0 fully saturated rings. The van der Waals surface area contributed by atoms with Gasteiger partial charge in [-0.25, -0.2) is 19.3 Å². The van der Waals surface area contributed by atoms with Crippen LogP contribution in [0, 0.1) is 5.82 Å². The second kappa shape index (κ2) is 10.7. The molecule has 0 radical (unpaired) electrons. The molecule has 9 nitrogen and oxygen atoms in total. The normalized spacial score (nSPS) is 11.3. The average Bonchev–Trinajstić information content (AvgIpc) is 3.23. The first kappa shape index (κ1) is 22.5. The van der Waals surface area contributed by atoms with Crippen LogP contribution in [-0.4, -0.2) is 48.4 Å². The van der Waals surface area contributed by atoms with E-state index < -0.39 is 11.1 Å². The Balaban J connectivity index is 1.39. The largest absolute Gasteiger partial charge is 0.546 e. The molecule has 3 aromatic heterocycles. The molecule has 33 heavy (non-hydrogen) atoms. The fraction of sp³-hybridized carbons (Fsp3) is 0.227. The Morgan fingerprint density at radius 3 is 2.58 bits per heavy atom. The molecule has 1 aromatic carbocycles. The predicted molar refractivity (Wildman–Crippen MR) is 126 cm³/mol. The molecule has 0 amide bonds. The molecule has 1 atom stereocenters. The van der Waals surface area contributed by atoms with Crippen molar-refractivity contribution in [3.63, 3.8) is 0 Å². The maximum Gasteiger partial charge on any atom is 0.240 e. The van der Waals surface area contributed by atoms with Gasteiger partial charge >= 0.3 is 0 Å². The van der Waals surface area contributed by atoms with E-state index in [2.05, 4.69) is 33.9 Å². The first-order valence-corrected chi connectivity index (χ1v) is 11.4. The van der Waals surface area contributed by atoms with Crippen LogP contribution in [0.25, 0.3) is 0 Å². The Labute approximate surface area is 194 Å². The summed E-state index contributed by atoms with van der Waals surface area (Å²) in [6, 6.07) is 14.0. The number of hydrogen-bond acceptors (Lipinski definition) is 9. The Bertz CT molecular complexity index is 1140. The van der Waals surface area contributed by atoms with E-state index in [1.807, 2.05) is 18.2 Å². The quantitative estimate of drug-likeness (QED) is 0.276. The fourth-order valence-corrected chi connectivity index (χ4v) is 3.98. The van der Waals surface area contributed by atoms with Crippen molar-refractivity contribution in [3.05, 3.63) is 78.6 Å². The predicted octanol–water partition coefficient (Wildman–Crippen LogP) is 3.81. The zero-order valence-electron chi connectivity index (χ0n) is 18.0. The fourth-order valence-electron chi connectivity index (χ4n) is 3.28. The third kappa shape index (κ3) is 5.96. The lowest BCUT2D eigenvalue weighted by Crippen LogP contribution is -2.26. The van der Waals surface area contributed by atoms with E-state index in [4.69, 9.17) is 0 Å². The molecule has 0 bridgehead atoms. The van der Waals surface area contributed by atoms with Gasteiger partial charge in [0, 0.05) is 47.8 Å². The minimum Gasteiger partial charge on any atom is -0.546 e. The van der Waals surface area contributed by atoms with Crippen LogP contribution in [0.5, 0.6) is 0 Å². The van der Waals surface area contributed by atoms with Gasteiger partial charge in [-0.1, -0.05) is 18.2 Å². The molecule has 1 N–H and O–H groups in total. The molecule has 4 aromatic rings. The number of anilines is 4. The Morgan fingerprint density at radius 1 is 1.00 bits per heavy atom. The number of rotatable bonds is 10. The first-order valence-electron chi connectivity index (χ1n) is 10.3. The molecule has 4 rings (SSSR count). The third-order valence-electron chi connectivity index (χ3n) is 4.93. The van der Waals surface area contributed by atoms with Gasteiger partial charge in [0.25, 0.3) is 0 Å². The van der Waals surface area contributed by atoms with Crippen LogP contribution in [-0.2, 0) is 6.54 Å². The van der Waals surface area contributed by atoms with Gasteiger partial charge in [-0.2, -0.15) is 0 Å². The topological polar surface area (TPSA) is 106 Å². The van der Waals surface area contributed by atoms with Crippen molar-refractivity contribution < 1.29 is 8.94 Å². The van der Waals surface area contributed by atoms with Crippen molar-refractivity contribution in [2.75, 3.05) is 35.3 Å². The van der Waals surface area contributed by atoms with Gasteiger partial charge in [-0.05, 0) is 42.3 Å². The molecule has 3 heterocycles. The Morgan fingerprint density at radius 2 is 1.85 bits per heavy atom. The molecule has 0 aliphatic heterocycles. The summed E-state index contributed by atoms with van der Waals surface area (Å²) in [5.41, 5.74) is 0.992. The number of benzene rings is 1. The van der Waals surface area contributed by atoms with E-state index in [1.165, 1.54) is 18.5 Å². The van der Waals surface area contributed by atoms with Crippen LogP contribution < -0.4 is 15.1 Å². The van der Waals surface area contributed by atoms with Crippen molar-refractivity contribution >= 4 is 34.4 Å². The van der Waals surface area contributed by atoms with Gasteiger partial charge < -0.3 is 19.7 Å². The molecule has 0 saturated carbocycles. The zero-order chi connectivity index (χ0) is 23.0. The molecule has 1 unspecified atom stereocenters. The van der Waals surface area contributed by atoms with E-state index in [0.29, 0.717) is 37.1 Å². The summed E-state index contributed by atoms with van der Waals surface area (Å²) in [7, 11) is 1.78. The highest BCUT2D eigenvalue weighted by Crippen LogP contribution is 2.29. The minimum atomic E-state index is -1.67. The lowest BCUT2D eigenvalue weighted by molar-refractivity contribution is 0.585. The van der Waals surface area contributed by atoms with Crippen LogP contribution in [0.15, 0.2) is 67.3 Å². The molecular weight excluding hydrogens is 443 g/mol. The van der Waals surface area contributed by atoms with Gasteiger partial charge in [-0.15, -0.1) is 0 Å². The van der Waals surface area contributed by atoms with Gasteiger partial charge in [0.2, 0.25) is 11.6 Å². The monoisotopic (exact) mass is 466 g/mol. The summed E-state index contributed by atoms with van der Waals surface area (Å²) in [5.74, 6) is 2.12. The number of nitrogens with zero attached hydrogens (tertiary/aromatic N) is 7. The van der Waals surface area contributed by atoms with Crippen LogP contribution >= 0.6 is 11.1 Å². The van der Waals surface area contributed by atoms with Crippen molar-refractivity contribution in [2.24, 2.45) is 0 Å². The second-order valence-electron chi connectivity index (χ2n) is 7.23. The Kier molecular flexibility index (Phi) is 7.33. The molecule has 170 valence electrons. The summed E-state index contributed by atoms with van der Waals surface area (Å²) < 4.78 is 33.4. The second-order valence-corrected chi connectivity index (χ2v) is 8.05. The van der Waals surface area contributed by atoms with Gasteiger partial charge in [0.15, 0.2) is 11.1 Å². The van der Waals surface area contributed by atoms with E-state index in [-0.39, 0.29) is 5.82 Å². The smallest absolute Gasteiger partial charge is 0.240 e. The number of halogens is 1. The van der Waals surface area contributed by atoms with Crippen LogP contribution in [0.3, 0.4) is 0 Å². The molecule has 0 aliphatic rings. The van der Waals surface area contributed by atoms with Gasteiger partial charge in [-0.3, -0.25) is 0 Å². The Hall–Kier alpha value is -3.70. The van der Waals surface area contributed by atoms with Crippen LogP contribution in [0.4, 0.5) is 27.7 Å². The summed E-state index contributed by atoms with van der Waals surface area (Å²) in [4.78, 5) is 16.4. The average molecular weight is 467 g/mol. The number of pyridine rings is 1. The summed E-state index contributed by atoms with van der Waals surface area (Å²) in [6.07, 6.45) is 5.58. The summed E-state index contributed by atoms with van der Waals surface area (Å²) in [5, 5.41) is 3.24. The van der Waals surface area contributed by atoms with Gasteiger partial charge in [0.1, 0.15) is 23.8 Å².